The summed E-state index contributed by atoms with van der Waals surface area (Å²) in [6.07, 6.45) is 5.33. The molecule has 1 aliphatic carbocycles. The van der Waals surface area contributed by atoms with Gasteiger partial charge in [-0.2, -0.15) is 0 Å². The molecule has 0 bridgehead atoms. The fourth-order valence-electron chi connectivity index (χ4n) is 3.16. The molecular weight excluding hydrogens is 210 g/mol. The molecule has 2 nitrogen and oxygen atoms in total. The minimum absolute atomic E-state index is 0.396. The molecule has 102 valence electrons. The van der Waals surface area contributed by atoms with E-state index in [0.29, 0.717) is 17.6 Å². The zero-order valence-electron chi connectivity index (χ0n) is 12.4. The minimum atomic E-state index is 0.396. The van der Waals surface area contributed by atoms with E-state index >= 15 is 0 Å². The predicted octanol–water partition coefficient (Wildman–Crippen LogP) is 3.61. The molecule has 1 saturated carbocycles. The molecule has 0 aromatic heterocycles. The van der Waals surface area contributed by atoms with Crippen molar-refractivity contribution in [1.82, 2.24) is 5.32 Å². The van der Waals surface area contributed by atoms with Gasteiger partial charge in [0, 0.05) is 18.1 Å². The monoisotopic (exact) mass is 241 g/mol. The van der Waals surface area contributed by atoms with Crippen LogP contribution >= 0.6 is 0 Å². The maximum atomic E-state index is 6.12. The van der Waals surface area contributed by atoms with Crippen LogP contribution in [0.5, 0.6) is 0 Å². The number of hydrogen-bond donors (Lipinski definition) is 1. The summed E-state index contributed by atoms with van der Waals surface area (Å²) >= 11 is 0. The van der Waals surface area contributed by atoms with E-state index in [9.17, 15) is 0 Å². The van der Waals surface area contributed by atoms with Crippen molar-refractivity contribution in [3.05, 3.63) is 0 Å². The Balaban J connectivity index is 2.45. The van der Waals surface area contributed by atoms with Gasteiger partial charge < -0.3 is 10.1 Å². The quantitative estimate of drug-likeness (QED) is 0.701. The highest BCUT2D eigenvalue weighted by Gasteiger charge is 2.52. The molecule has 2 unspecified atom stereocenters. The zero-order chi connectivity index (χ0) is 12.9. The van der Waals surface area contributed by atoms with Crippen LogP contribution in [0.2, 0.25) is 0 Å². The van der Waals surface area contributed by atoms with Gasteiger partial charge in [-0.25, -0.2) is 0 Å². The van der Waals surface area contributed by atoms with Crippen molar-refractivity contribution in [2.75, 3.05) is 13.2 Å². The largest absolute Gasteiger partial charge is 0.378 e. The Morgan fingerprint density at radius 2 is 1.88 bits per heavy atom. The molecule has 2 heteroatoms. The smallest absolute Gasteiger partial charge is 0.0661 e. The van der Waals surface area contributed by atoms with Crippen molar-refractivity contribution in [2.24, 2.45) is 11.3 Å². The Hall–Kier alpha value is -0.0800. The Morgan fingerprint density at radius 1 is 1.24 bits per heavy atom. The zero-order valence-corrected chi connectivity index (χ0v) is 12.4. The molecule has 1 aliphatic rings. The van der Waals surface area contributed by atoms with E-state index in [1.165, 1.54) is 25.7 Å². The fraction of sp³-hybridized carbons (Fsp3) is 1.00. The van der Waals surface area contributed by atoms with Gasteiger partial charge in [-0.1, -0.05) is 34.6 Å². The number of hydrogen-bond acceptors (Lipinski definition) is 2. The van der Waals surface area contributed by atoms with Crippen LogP contribution in [0.15, 0.2) is 0 Å². The van der Waals surface area contributed by atoms with E-state index in [4.69, 9.17) is 4.74 Å². The highest BCUT2D eigenvalue weighted by molar-refractivity contribution is 5.06. The Kier molecular flexibility index (Phi) is 5.94. The van der Waals surface area contributed by atoms with Crippen LogP contribution in [-0.2, 0) is 4.74 Å². The summed E-state index contributed by atoms with van der Waals surface area (Å²) in [5.41, 5.74) is 0.396. The van der Waals surface area contributed by atoms with Crippen molar-refractivity contribution in [3.63, 3.8) is 0 Å². The molecule has 0 saturated heterocycles. The van der Waals surface area contributed by atoms with Gasteiger partial charge >= 0.3 is 0 Å². The second-order valence-corrected chi connectivity index (χ2v) is 5.83. The van der Waals surface area contributed by atoms with Crippen molar-refractivity contribution in [3.8, 4) is 0 Å². The molecule has 1 fully saturated rings. The van der Waals surface area contributed by atoms with Crippen LogP contribution < -0.4 is 5.32 Å². The lowest BCUT2D eigenvalue weighted by molar-refractivity contribution is -0.141. The third kappa shape index (κ3) is 3.23. The Bertz CT molecular complexity index is 211. The van der Waals surface area contributed by atoms with Gasteiger partial charge in [0.05, 0.1) is 6.10 Å². The van der Waals surface area contributed by atoms with E-state index in [2.05, 4.69) is 39.9 Å². The van der Waals surface area contributed by atoms with E-state index < -0.39 is 0 Å². The molecule has 0 heterocycles. The molecule has 1 N–H and O–H groups in total. The molecule has 17 heavy (non-hydrogen) atoms. The average Bonchev–Trinajstić information content (AvgIpc) is 2.28. The van der Waals surface area contributed by atoms with Gasteiger partial charge in [0.25, 0.3) is 0 Å². The minimum Gasteiger partial charge on any atom is -0.378 e. The molecule has 0 aliphatic heterocycles. The first-order valence-electron chi connectivity index (χ1n) is 7.45. The van der Waals surface area contributed by atoms with Crippen LogP contribution in [0, 0.1) is 11.3 Å². The first-order chi connectivity index (χ1) is 8.10. The second-order valence-electron chi connectivity index (χ2n) is 5.83. The fourth-order valence-corrected chi connectivity index (χ4v) is 3.16. The topological polar surface area (TPSA) is 21.3 Å². The lowest BCUT2D eigenvalue weighted by Crippen LogP contribution is -2.63. The van der Waals surface area contributed by atoms with Gasteiger partial charge in [0.1, 0.15) is 0 Å². The van der Waals surface area contributed by atoms with Crippen LogP contribution in [-0.4, -0.2) is 25.3 Å². The van der Waals surface area contributed by atoms with E-state index in [-0.39, 0.29) is 0 Å². The van der Waals surface area contributed by atoms with Gasteiger partial charge in [-0.3, -0.25) is 0 Å². The normalized spacial score (nSPS) is 27.2. The third-order valence-electron chi connectivity index (χ3n) is 4.57. The molecule has 0 spiro atoms. The maximum Gasteiger partial charge on any atom is 0.0661 e. The molecular formula is C15H31NO. The summed E-state index contributed by atoms with van der Waals surface area (Å²) in [4.78, 5) is 0. The van der Waals surface area contributed by atoms with Gasteiger partial charge in [-0.05, 0) is 38.1 Å². The maximum absolute atomic E-state index is 6.12. The summed E-state index contributed by atoms with van der Waals surface area (Å²) < 4.78 is 6.12. The van der Waals surface area contributed by atoms with Crippen molar-refractivity contribution in [2.45, 2.75) is 72.4 Å². The first-order valence-corrected chi connectivity index (χ1v) is 7.45. The van der Waals surface area contributed by atoms with Crippen molar-refractivity contribution < 1.29 is 4.74 Å². The Morgan fingerprint density at radius 3 is 2.35 bits per heavy atom. The molecule has 0 amide bonds. The number of nitrogens with one attached hydrogen (secondary N) is 1. The van der Waals surface area contributed by atoms with Gasteiger partial charge in [0.15, 0.2) is 0 Å². The average molecular weight is 241 g/mol. The van der Waals surface area contributed by atoms with Gasteiger partial charge in [0.2, 0.25) is 0 Å². The SMILES string of the molecule is CCNC1CC(OCCC(C)C)C1(CC)CC. The molecule has 0 aromatic rings. The number of rotatable bonds is 8. The highest BCUT2D eigenvalue weighted by atomic mass is 16.5. The summed E-state index contributed by atoms with van der Waals surface area (Å²) in [5, 5.41) is 3.62. The van der Waals surface area contributed by atoms with E-state index in [1.54, 1.807) is 0 Å². The molecule has 0 aromatic carbocycles. The Labute approximate surface area is 108 Å². The van der Waals surface area contributed by atoms with Gasteiger partial charge in [-0.15, -0.1) is 0 Å². The van der Waals surface area contributed by atoms with E-state index in [1.807, 2.05) is 0 Å². The third-order valence-corrected chi connectivity index (χ3v) is 4.57. The highest BCUT2D eigenvalue weighted by Crippen LogP contribution is 2.48. The lowest BCUT2D eigenvalue weighted by atomic mass is 9.58. The first kappa shape index (κ1) is 15.0. The van der Waals surface area contributed by atoms with Crippen LogP contribution in [0.1, 0.15) is 60.3 Å². The van der Waals surface area contributed by atoms with Crippen LogP contribution in [0.4, 0.5) is 0 Å². The summed E-state index contributed by atoms with van der Waals surface area (Å²) in [5.74, 6) is 0.747. The summed E-state index contributed by atoms with van der Waals surface area (Å²) in [6, 6.07) is 0.673. The molecule has 0 radical (unpaired) electrons. The lowest BCUT2D eigenvalue weighted by Gasteiger charge is -2.55. The standard InChI is InChI=1S/C15H31NO/c1-6-15(7-2)13(16-8-3)11-14(15)17-10-9-12(4)5/h12-14,16H,6-11H2,1-5H3. The number of ether oxygens (including phenoxy) is 1. The molecule has 2 atom stereocenters. The molecule has 1 rings (SSSR count). The second kappa shape index (κ2) is 6.75. The van der Waals surface area contributed by atoms with E-state index in [0.717, 1.165) is 19.1 Å². The van der Waals surface area contributed by atoms with Crippen molar-refractivity contribution in [1.29, 1.82) is 0 Å². The van der Waals surface area contributed by atoms with Crippen molar-refractivity contribution >= 4 is 0 Å². The summed E-state index contributed by atoms with van der Waals surface area (Å²) in [6.45, 7) is 13.4. The van der Waals surface area contributed by atoms with Crippen LogP contribution in [0.3, 0.4) is 0 Å². The predicted molar refractivity (Wildman–Crippen MR) is 74.3 cm³/mol. The van der Waals surface area contributed by atoms with Crippen LogP contribution in [0.25, 0.3) is 0 Å². The summed E-state index contributed by atoms with van der Waals surface area (Å²) in [7, 11) is 0.